The van der Waals surface area contributed by atoms with Crippen LogP contribution < -0.4 is 0 Å². The molecule has 0 radical (unpaired) electrons. The van der Waals surface area contributed by atoms with Crippen molar-refractivity contribution in [3.63, 3.8) is 0 Å². The Hall–Kier alpha value is -0.560. The fourth-order valence-corrected chi connectivity index (χ4v) is 1.92. The van der Waals surface area contributed by atoms with Crippen molar-refractivity contribution in [3.05, 3.63) is 24.3 Å². The van der Waals surface area contributed by atoms with Gasteiger partial charge in [-0.2, -0.15) is 8.42 Å². The molecule has 0 amide bonds. The molecule has 0 atom stereocenters. The van der Waals surface area contributed by atoms with Crippen molar-refractivity contribution >= 4 is 22.7 Å². The van der Waals surface area contributed by atoms with E-state index in [1.165, 1.54) is 43.9 Å². The van der Waals surface area contributed by atoms with Gasteiger partial charge in [-0.15, -0.1) is 12.6 Å². The van der Waals surface area contributed by atoms with Gasteiger partial charge in [0.1, 0.15) is 0 Å². The third-order valence-corrected chi connectivity index (χ3v) is 3.64. The number of thiol groups is 1. The Morgan fingerprint density at radius 3 is 1.67 bits per heavy atom. The van der Waals surface area contributed by atoms with E-state index < -0.39 is 10.1 Å². The Kier molecular flexibility index (Phi) is 8.26. The molecule has 1 aromatic rings. The predicted octanol–water partition coefficient (Wildman–Crippen LogP) is 2.57. The number of hydrogen-bond acceptors (Lipinski definition) is 4. The van der Waals surface area contributed by atoms with Crippen LogP contribution in [-0.4, -0.2) is 37.5 Å². The van der Waals surface area contributed by atoms with Crippen LogP contribution in [0.25, 0.3) is 0 Å². The summed E-state index contributed by atoms with van der Waals surface area (Å²) in [6.45, 7) is 10.1. The zero-order valence-corrected chi connectivity index (χ0v) is 12.7. The maximum absolute atomic E-state index is 10.5. The van der Waals surface area contributed by atoms with Crippen molar-refractivity contribution in [2.75, 3.05) is 19.6 Å². The zero-order chi connectivity index (χ0) is 14.2. The first kappa shape index (κ1) is 17.4. The molecule has 6 heteroatoms. The molecule has 0 bridgehead atoms. The van der Waals surface area contributed by atoms with Gasteiger partial charge < -0.3 is 4.90 Å². The Morgan fingerprint density at radius 2 is 1.44 bits per heavy atom. The molecule has 0 aliphatic carbocycles. The van der Waals surface area contributed by atoms with Crippen molar-refractivity contribution in [2.45, 2.75) is 30.6 Å². The molecule has 0 saturated heterocycles. The standard InChI is InChI=1S/C6H15N.C6H6O3S2/c1-4-7(5-2)6-3;7-11(8,9)6-3-1-5(10)2-4-6/h4-6H2,1-3H3;1-4,10H,(H,7,8,9). The quantitative estimate of drug-likeness (QED) is 0.661. The Morgan fingerprint density at radius 1 is 1.06 bits per heavy atom. The highest BCUT2D eigenvalue weighted by molar-refractivity contribution is 7.85. The van der Waals surface area contributed by atoms with Crippen LogP contribution in [0.2, 0.25) is 0 Å². The molecule has 1 rings (SSSR count). The summed E-state index contributed by atoms with van der Waals surface area (Å²) in [5, 5.41) is 0. The van der Waals surface area contributed by atoms with Gasteiger partial charge in [0.05, 0.1) is 4.90 Å². The third-order valence-electron chi connectivity index (χ3n) is 2.48. The molecule has 0 heterocycles. The van der Waals surface area contributed by atoms with Gasteiger partial charge in [-0.1, -0.05) is 20.8 Å². The first-order chi connectivity index (χ1) is 8.35. The molecule has 0 unspecified atom stereocenters. The predicted molar refractivity (Wildman–Crippen MR) is 77.0 cm³/mol. The minimum Gasteiger partial charge on any atom is -0.304 e. The smallest absolute Gasteiger partial charge is 0.294 e. The summed E-state index contributed by atoms with van der Waals surface area (Å²) >= 11 is 3.95. The molecule has 104 valence electrons. The average molecular weight is 291 g/mol. The van der Waals surface area contributed by atoms with Crippen LogP contribution in [0.4, 0.5) is 0 Å². The lowest BCUT2D eigenvalue weighted by molar-refractivity contribution is 0.321. The molecule has 18 heavy (non-hydrogen) atoms. The van der Waals surface area contributed by atoms with Crippen LogP contribution in [-0.2, 0) is 10.1 Å². The van der Waals surface area contributed by atoms with Gasteiger partial charge in [-0.3, -0.25) is 4.55 Å². The van der Waals surface area contributed by atoms with E-state index in [0.29, 0.717) is 4.90 Å². The van der Waals surface area contributed by atoms with Crippen molar-refractivity contribution in [1.82, 2.24) is 4.90 Å². The normalized spacial score (nSPS) is 11.0. The second-order valence-electron chi connectivity index (χ2n) is 3.59. The van der Waals surface area contributed by atoms with Gasteiger partial charge >= 0.3 is 0 Å². The largest absolute Gasteiger partial charge is 0.304 e. The molecule has 0 aliphatic rings. The number of benzene rings is 1. The fourth-order valence-electron chi connectivity index (χ4n) is 1.29. The summed E-state index contributed by atoms with van der Waals surface area (Å²) in [6.07, 6.45) is 0. The molecular weight excluding hydrogens is 270 g/mol. The highest BCUT2D eigenvalue weighted by Crippen LogP contribution is 2.11. The molecule has 0 saturated carbocycles. The molecular formula is C12H21NO3S2. The van der Waals surface area contributed by atoms with Gasteiger partial charge in [0.2, 0.25) is 0 Å². The maximum atomic E-state index is 10.5. The highest BCUT2D eigenvalue weighted by atomic mass is 32.2. The van der Waals surface area contributed by atoms with E-state index in [1.807, 2.05) is 0 Å². The molecule has 1 aromatic carbocycles. The van der Waals surface area contributed by atoms with Gasteiger partial charge in [-0.25, -0.2) is 0 Å². The van der Waals surface area contributed by atoms with Crippen LogP contribution >= 0.6 is 12.6 Å². The summed E-state index contributed by atoms with van der Waals surface area (Å²) in [6, 6.07) is 5.56. The summed E-state index contributed by atoms with van der Waals surface area (Å²) in [5.41, 5.74) is 0. The summed E-state index contributed by atoms with van der Waals surface area (Å²) in [5.74, 6) is 0. The monoisotopic (exact) mass is 291 g/mol. The maximum Gasteiger partial charge on any atom is 0.294 e. The van der Waals surface area contributed by atoms with Crippen LogP contribution in [0.5, 0.6) is 0 Å². The summed E-state index contributed by atoms with van der Waals surface area (Å²) in [7, 11) is -4.05. The minimum atomic E-state index is -4.05. The second kappa shape index (κ2) is 8.53. The SMILES string of the molecule is CCN(CC)CC.O=S(=O)(O)c1ccc(S)cc1. The second-order valence-corrected chi connectivity index (χ2v) is 5.53. The first-order valence-corrected chi connectivity index (χ1v) is 7.72. The topological polar surface area (TPSA) is 57.6 Å². The van der Waals surface area contributed by atoms with Crippen LogP contribution in [0.15, 0.2) is 34.1 Å². The van der Waals surface area contributed by atoms with E-state index >= 15 is 0 Å². The Labute approximate surface area is 115 Å². The number of nitrogens with zero attached hydrogens (tertiary/aromatic N) is 1. The lowest BCUT2D eigenvalue weighted by atomic mass is 10.4. The van der Waals surface area contributed by atoms with E-state index in [4.69, 9.17) is 4.55 Å². The van der Waals surface area contributed by atoms with Crippen LogP contribution in [0.1, 0.15) is 20.8 Å². The van der Waals surface area contributed by atoms with Gasteiger partial charge in [0, 0.05) is 4.90 Å². The average Bonchev–Trinajstić information content (AvgIpc) is 2.31. The van der Waals surface area contributed by atoms with Crippen LogP contribution in [0, 0.1) is 0 Å². The molecule has 0 aliphatic heterocycles. The van der Waals surface area contributed by atoms with E-state index in [0.717, 1.165) is 0 Å². The van der Waals surface area contributed by atoms with E-state index in [2.05, 4.69) is 38.3 Å². The molecule has 0 spiro atoms. The van der Waals surface area contributed by atoms with Crippen LogP contribution in [0.3, 0.4) is 0 Å². The number of rotatable bonds is 4. The number of hydrogen-bond donors (Lipinski definition) is 2. The van der Waals surface area contributed by atoms with Gasteiger partial charge in [0.25, 0.3) is 10.1 Å². The fraction of sp³-hybridized carbons (Fsp3) is 0.500. The minimum absolute atomic E-state index is 0.115. The molecule has 0 fully saturated rings. The Balaban J connectivity index is 0.000000360. The van der Waals surface area contributed by atoms with E-state index in [-0.39, 0.29) is 4.90 Å². The lowest BCUT2D eigenvalue weighted by Crippen LogP contribution is -2.21. The van der Waals surface area contributed by atoms with Crippen molar-refractivity contribution < 1.29 is 13.0 Å². The molecule has 1 N–H and O–H groups in total. The van der Waals surface area contributed by atoms with Gasteiger partial charge in [0.15, 0.2) is 0 Å². The summed E-state index contributed by atoms with van der Waals surface area (Å²) < 4.78 is 29.5. The highest BCUT2D eigenvalue weighted by Gasteiger charge is 2.06. The van der Waals surface area contributed by atoms with E-state index in [1.54, 1.807) is 0 Å². The molecule has 4 nitrogen and oxygen atoms in total. The zero-order valence-electron chi connectivity index (χ0n) is 11.0. The van der Waals surface area contributed by atoms with E-state index in [9.17, 15) is 8.42 Å². The lowest BCUT2D eigenvalue weighted by Gasteiger charge is -2.13. The van der Waals surface area contributed by atoms with Crippen molar-refractivity contribution in [2.24, 2.45) is 0 Å². The van der Waals surface area contributed by atoms with Crippen molar-refractivity contribution in [3.8, 4) is 0 Å². The van der Waals surface area contributed by atoms with Gasteiger partial charge in [-0.05, 0) is 43.9 Å². The van der Waals surface area contributed by atoms with Crippen molar-refractivity contribution in [1.29, 1.82) is 0 Å². The molecule has 0 aromatic heterocycles. The first-order valence-electron chi connectivity index (χ1n) is 5.84. The summed E-state index contributed by atoms with van der Waals surface area (Å²) in [4.78, 5) is 2.91. The third kappa shape index (κ3) is 7.00. The Bertz CT molecular complexity index is 420.